The van der Waals surface area contributed by atoms with Crippen LogP contribution in [-0.4, -0.2) is 9.91 Å². The summed E-state index contributed by atoms with van der Waals surface area (Å²) in [6, 6.07) is 6.23. The van der Waals surface area contributed by atoms with Crippen LogP contribution in [-0.2, 0) is 6.54 Å². The summed E-state index contributed by atoms with van der Waals surface area (Å²) in [4.78, 5) is 14.0. The molecular weight excluding hydrogens is 289 g/mol. The standard InChI is InChI=1S/C12H9Cl2N3O2/c13-10-5-9(17(18)19)6-11(14)12(10)16-7-8-1-3-15-4-2-8/h1-6,16H,7H2. The highest BCUT2D eigenvalue weighted by atomic mass is 35.5. The topological polar surface area (TPSA) is 68.1 Å². The summed E-state index contributed by atoms with van der Waals surface area (Å²) in [5, 5.41) is 14.1. The lowest BCUT2D eigenvalue weighted by Gasteiger charge is -2.10. The number of nitrogens with zero attached hydrogens (tertiary/aromatic N) is 2. The number of rotatable bonds is 4. The lowest BCUT2D eigenvalue weighted by molar-refractivity contribution is -0.384. The Bertz CT molecular complexity index is 582. The molecule has 0 amide bonds. The number of nitrogens with one attached hydrogen (secondary N) is 1. The largest absolute Gasteiger partial charge is 0.379 e. The van der Waals surface area contributed by atoms with E-state index in [0.717, 1.165) is 5.56 Å². The number of halogens is 2. The molecule has 2 aromatic rings. The summed E-state index contributed by atoms with van der Waals surface area (Å²) in [5.74, 6) is 0. The minimum atomic E-state index is -0.537. The molecule has 0 radical (unpaired) electrons. The summed E-state index contributed by atoms with van der Waals surface area (Å²) in [5.41, 5.74) is 1.34. The zero-order valence-electron chi connectivity index (χ0n) is 9.64. The average molecular weight is 298 g/mol. The maximum atomic E-state index is 10.7. The molecule has 0 unspecified atom stereocenters. The minimum Gasteiger partial charge on any atom is -0.379 e. The van der Waals surface area contributed by atoms with Crippen LogP contribution >= 0.6 is 23.2 Å². The maximum Gasteiger partial charge on any atom is 0.272 e. The van der Waals surface area contributed by atoms with Crippen LogP contribution in [0.1, 0.15) is 5.56 Å². The van der Waals surface area contributed by atoms with Gasteiger partial charge in [-0.25, -0.2) is 0 Å². The second-order valence-electron chi connectivity index (χ2n) is 3.75. The van der Waals surface area contributed by atoms with Crippen molar-refractivity contribution in [3.05, 3.63) is 62.4 Å². The predicted molar refractivity (Wildman–Crippen MR) is 74.7 cm³/mol. The van der Waals surface area contributed by atoms with E-state index in [1.165, 1.54) is 12.1 Å². The first kappa shape index (κ1) is 13.6. The monoisotopic (exact) mass is 297 g/mol. The first-order valence-electron chi connectivity index (χ1n) is 5.34. The molecule has 98 valence electrons. The van der Waals surface area contributed by atoms with E-state index in [2.05, 4.69) is 10.3 Å². The maximum absolute atomic E-state index is 10.7. The number of pyridine rings is 1. The summed E-state index contributed by atoms with van der Waals surface area (Å²) in [6.45, 7) is 0.500. The van der Waals surface area contributed by atoms with E-state index in [1.54, 1.807) is 12.4 Å². The fourth-order valence-corrected chi connectivity index (χ4v) is 2.13. The number of hydrogen-bond acceptors (Lipinski definition) is 4. The van der Waals surface area contributed by atoms with Gasteiger partial charge in [0.2, 0.25) is 0 Å². The first-order valence-corrected chi connectivity index (χ1v) is 6.09. The van der Waals surface area contributed by atoms with Gasteiger partial charge in [-0.3, -0.25) is 15.1 Å². The van der Waals surface area contributed by atoms with Crippen LogP contribution in [0.2, 0.25) is 10.0 Å². The van der Waals surface area contributed by atoms with Crippen LogP contribution in [0.5, 0.6) is 0 Å². The van der Waals surface area contributed by atoms with Gasteiger partial charge in [0.15, 0.2) is 0 Å². The van der Waals surface area contributed by atoms with Crippen molar-refractivity contribution in [1.29, 1.82) is 0 Å². The molecule has 5 nitrogen and oxygen atoms in total. The Balaban J connectivity index is 2.19. The number of hydrogen-bond donors (Lipinski definition) is 1. The molecule has 0 saturated carbocycles. The van der Waals surface area contributed by atoms with E-state index >= 15 is 0 Å². The average Bonchev–Trinajstić information content (AvgIpc) is 2.38. The normalized spacial score (nSPS) is 10.2. The van der Waals surface area contributed by atoms with E-state index in [-0.39, 0.29) is 15.7 Å². The molecule has 0 aliphatic rings. The molecule has 19 heavy (non-hydrogen) atoms. The lowest BCUT2D eigenvalue weighted by atomic mass is 10.2. The number of benzene rings is 1. The molecule has 1 aromatic heterocycles. The Labute approximate surface area is 119 Å². The summed E-state index contributed by atoms with van der Waals surface area (Å²) >= 11 is 12.0. The van der Waals surface area contributed by atoms with Crippen LogP contribution in [0.4, 0.5) is 11.4 Å². The van der Waals surface area contributed by atoms with Crippen molar-refractivity contribution < 1.29 is 4.92 Å². The van der Waals surface area contributed by atoms with E-state index in [1.807, 2.05) is 12.1 Å². The van der Waals surface area contributed by atoms with E-state index in [0.29, 0.717) is 12.2 Å². The Morgan fingerprint density at radius 1 is 1.21 bits per heavy atom. The third kappa shape index (κ3) is 3.33. The van der Waals surface area contributed by atoms with Crippen molar-refractivity contribution in [3.8, 4) is 0 Å². The van der Waals surface area contributed by atoms with E-state index in [9.17, 15) is 10.1 Å². The molecule has 0 fully saturated rings. The van der Waals surface area contributed by atoms with Gasteiger partial charge in [0.25, 0.3) is 5.69 Å². The van der Waals surface area contributed by atoms with E-state index in [4.69, 9.17) is 23.2 Å². The highest BCUT2D eigenvalue weighted by Gasteiger charge is 2.14. The summed E-state index contributed by atoms with van der Waals surface area (Å²) in [6.07, 6.45) is 3.35. The Kier molecular flexibility index (Phi) is 4.19. The minimum absolute atomic E-state index is 0.135. The molecule has 7 heteroatoms. The van der Waals surface area contributed by atoms with Crippen LogP contribution in [0.3, 0.4) is 0 Å². The van der Waals surface area contributed by atoms with Gasteiger partial charge in [-0.15, -0.1) is 0 Å². The number of nitro groups is 1. The van der Waals surface area contributed by atoms with Crippen LogP contribution < -0.4 is 5.32 Å². The Hall–Kier alpha value is -1.85. The molecule has 1 heterocycles. The smallest absolute Gasteiger partial charge is 0.272 e. The Morgan fingerprint density at radius 2 is 1.79 bits per heavy atom. The molecule has 0 atom stereocenters. The summed E-state index contributed by atoms with van der Waals surface area (Å²) in [7, 11) is 0. The zero-order valence-corrected chi connectivity index (χ0v) is 11.1. The quantitative estimate of drug-likeness (QED) is 0.686. The van der Waals surface area contributed by atoms with Crippen molar-refractivity contribution in [1.82, 2.24) is 4.98 Å². The number of nitro benzene ring substituents is 1. The van der Waals surface area contributed by atoms with Gasteiger partial charge in [-0.2, -0.15) is 0 Å². The molecule has 0 aliphatic heterocycles. The van der Waals surface area contributed by atoms with Gasteiger partial charge < -0.3 is 5.32 Å². The highest BCUT2D eigenvalue weighted by Crippen LogP contribution is 2.34. The third-order valence-corrected chi connectivity index (χ3v) is 3.05. The number of anilines is 1. The lowest BCUT2D eigenvalue weighted by Crippen LogP contribution is -2.01. The van der Waals surface area contributed by atoms with Crippen molar-refractivity contribution in [3.63, 3.8) is 0 Å². The molecule has 2 rings (SSSR count). The molecule has 0 aliphatic carbocycles. The highest BCUT2D eigenvalue weighted by molar-refractivity contribution is 6.39. The molecule has 1 aromatic carbocycles. The molecule has 0 bridgehead atoms. The van der Waals surface area contributed by atoms with Gasteiger partial charge in [0, 0.05) is 31.1 Å². The van der Waals surface area contributed by atoms with Crippen LogP contribution in [0.15, 0.2) is 36.7 Å². The van der Waals surface area contributed by atoms with Crippen LogP contribution in [0.25, 0.3) is 0 Å². The fraction of sp³-hybridized carbons (Fsp3) is 0.0833. The van der Waals surface area contributed by atoms with Crippen LogP contribution in [0, 0.1) is 10.1 Å². The molecule has 0 saturated heterocycles. The number of non-ortho nitro benzene ring substituents is 1. The molecule has 1 N–H and O–H groups in total. The van der Waals surface area contributed by atoms with Crippen molar-refractivity contribution in [2.75, 3.05) is 5.32 Å². The van der Waals surface area contributed by atoms with Gasteiger partial charge in [-0.05, 0) is 17.7 Å². The number of aromatic nitrogens is 1. The summed E-state index contributed by atoms with van der Waals surface area (Å²) < 4.78 is 0. The first-order chi connectivity index (χ1) is 9.08. The van der Waals surface area contributed by atoms with E-state index < -0.39 is 4.92 Å². The van der Waals surface area contributed by atoms with Crippen molar-refractivity contribution in [2.45, 2.75) is 6.54 Å². The predicted octanol–water partition coefficient (Wildman–Crippen LogP) is 3.91. The van der Waals surface area contributed by atoms with Crippen molar-refractivity contribution in [2.24, 2.45) is 0 Å². The van der Waals surface area contributed by atoms with Gasteiger partial charge in [0.1, 0.15) is 0 Å². The second kappa shape index (κ2) is 5.86. The van der Waals surface area contributed by atoms with Gasteiger partial charge in [0.05, 0.1) is 20.7 Å². The fourth-order valence-electron chi connectivity index (χ4n) is 1.53. The Morgan fingerprint density at radius 3 is 2.32 bits per heavy atom. The molecule has 0 spiro atoms. The molecular formula is C12H9Cl2N3O2. The third-order valence-electron chi connectivity index (χ3n) is 2.46. The van der Waals surface area contributed by atoms with Crippen molar-refractivity contribution >= 4 is 34.6 Å². The van der Waals surface area contributed by atoms with Gasteiger partial charge in [-0.1, -0.05) is 23.2 Å². The SMILES string of the molecule is O=[N+]([O-])c1cc(Cl)c(NCc2ccncc2)c(Cl)c1. The zero-order chi connectivity index (χ0) is 13.8. The van der Waals surface area contributed by atoms with Gasteiger partial charge >= 0.3 is 0 Å². The second-order valence-corrected chi connectivity index (χ2v) is 4.56.